The third-order valence-corrected chi connectivity index (χ3v) is 6.47. The molecule has 0 spiro atoms. The van der Waals surface area contributed by atoms with Crippen LogP contribution in [0.3, 0.4) is 0 Å². The van der Waals surface area contributed by atoms with E-state index in [9.17, 15) is 13.2 Å². The first-order chi connectivity index (χ1) is 12.5. The predicted octanol–water partition coefficient (Wildman–Crippen LogP) is 3.03. The number of anilines is 1. The summed E-state index contributed by atoms with van der Waals surface area (Å²) >= 11 is 0. The number of amides is 1. The lowest BCUT2D eigenvalue weighted by Crippen LogP contribution is -2.36. The molecule has 1 N–H and O–H groups in total. The number of nitrogens with one attached hydrogen (secondary N) is 1. The molecule has 0 radical (unpaired) electrons. The van der Waals surface area contributed by atoms with E-state index in [2.05, 4.69) is 10.8 Å². The number of benzene rings is 2. The first-order valence-electron chi connectivity index (χ1n) is 8.98. The lowest BCUT2D eigenvalue weighted by molar-refractivity contribution is 0.0984. The van der Waals surface area contributed by atoms with E-state index in [1.165, 1.54) is 17.7 Å². The molecule has 0 aromatic heterocycles. The lowest BCUT2D eigenvalue weighted by Gasteiger charge is -2.31. The second-order valence-corrected chi connectivity index (χ2v) is 8.78. The highest BCUT2D eigenvalue weighted by Gasteiger charge is 2.29. The second kappa shape index (κ2) is 6.52. The molecular formula is C20H22N2O3S. The average molecular weight is 370 g/mol. The Bertz CT molecular complexity index is 965. The van der Waals surface area contributed by atoms with E-state index in [4.69, 9.17) is 0 Å². The van der Waals surface area contributed by atoms with Crippen LogP contribution in [-0.4, -0.2) is 26.9 Å². The van der Waals surface area contributed by atoms with E-state index >= 15 is 0 Å². The number of sulfonamides is 1. The molecule has 5 nitrogen and oxygen atoms in total. The molecule has 0 unspecified atom stereocenters. The number of para-hydroxylation sites is 1. The third kappa shape index (κ3) is 3.27. The standard InChI is InChI=1S/C20H22N2O3S/c1-14-5-2-6-15-8-4-12-22(19(14)15)20(23)16-7-3-9-18(13-16)26(24,25)21-17-10-11-17/h2-3,5-7,9,13,17,21H,4,8,10-12H2,1H3. The second-order valence-electron chi connectivity index (χ2n) is 7.07. The maximum atomic E-state index is 13.1. The van der Waals surface area contributed by atoms with Crippen LogP contribution in [0, 0.1) is 6.92 Å². The van der Waals surface area contributed by atoms with Crippen molar-refractivity contribution in [1.82, 2.24) is 4.72 Å². The van der Waals surface area contributed by atoms with Gasteiger partial charge in [0.05, 0.1) is 10.6 Å². The zero-order valence-corrected chi connectivity index (χ0v) is 15.6. The Hall–Kier alpha value is -2.18. The molecule has 1 aliphatic heterocycles. The highest BCUT2D eigenvalue weighted by atomic mass is 32.2. The molecule has 136 valence electrons. The SMILES string of the molecule is Cc1cccc2c1N(C(=O)c1cccc(S(=O)(=O)NC3CC3)c1)CCC2. The van der Waals surface area contributed by atoms with E-state index in [1.807, 2.05) is 19.1 Å². The minimum Gasteiger partial charge on any atom is -0.308 e. The van der Waals surface area contributed by atoms with Gasteiger partial charge in [0.1, 0.15) is 0 Å². The fraction of sp³-hybridized carbons (Fsp3) is 0.350. The van der Waals surface area contributed by atoms with Crippen LogP contribution in [0.4, 0.5) is 5.69 Å². The van der Waals surface area contributed by atoms with Crippen molar-refractivity contribution in [2.75, 3.05) is 11.4 Å². The van der Waals surface area contributed by atoms with Gasteiger partial charge in [-0.25, -0.2) is 13.1 Å². The lowest BCUT2D eigenvalue weighted by atomic mass is 9.97. The Balaban J connectivity index is 1.67. The monoisotopic (exact) mass is 370 g/mol. The van der Waals surface area contributed by atoms with Crippen molar-refractivity contribution in [3.05, 3.63) is 59.2 Å². The molecule has 6 heteroatoms. The van der Waals surface area contributed by atoms with Gasteiger partial charge in [0.2, 0.25) is 10.0 Å². The summed E-state index contributed by atoms with van der Waals surface area (Å²) in [4.78, 5) is 15.1. The van der Waals surface area contributed by atoms with Crippen molar-refractivity contribution in [3.63, 3.8) is 0 Å². The van der Waals surface area contributed by atoms with Crippen molar-refractivity contribution >= 4 is 21.6 Å². The molecule has 2 aromatic rings. The van der Waals surface area contributed by atoms with Crippen LogP contribution in [-0.2, 0) is 16.4 Å². The molecule has 1 saturated carbocycles. The first-order valence-corrected chi connectivity index (χ1v) is 10.5. The van der Waals surface area contributed by atoms with Crippen molar-refractivity contribution in [2.45, 2.75) is 43.5 Å². The van der Waals surface area contributed by atoms with E-state index in [0.717, 1.165) is 36.9 Å². The quantitative estimate of drug-likeness (QED) is 0.900. The molecule has 2 aromatic carbocycles. The predicted molar refractivity (Wildman–Crippen MR) is 101 cm³/mol. The van der Waals surface area contributed by atoms with Gasteiger partial charge in [-0.3, -0.25) is 4.79 Å². The summed E-state index contributed by atoms with van der Waals surface area (Å²) in [6, 6.07) is 12.5. The molecule has 1 heterocycles. The zero-order chi connectivity index (χ0) is 18.3. The first kappa shape index (κ1) is 17.2. The van der Waals surface area contributed by atoms with Gasteiger partial charge in [0.15, 0.2) is 0 Å². The van der Waals surface area contributed by atoms with Crippen LogP contribution in [0.1, 0.15) is 40.7 Å². The van der Waals surface area contributed by atoms with E-state index in [1.54, 1.807) is 17.0 Å². The minimum absolute atomic E-state index is 0.0379. The third-order valence-electron chi connectivity index (χ3n) is 4.95. The summed E-state index contributed by atoms with van der Waals surface area (Å²) in [6.07, 6.45) is 3.62. The summed E-state index contributed by atoms with van der Waals surface area (Å²) in [5, 5.41) is 0. The van der Waals surface area contributed by atoms with Crippen LogP contribution in [0.25, 0.3) is 0 Å². The molecule has 0 bridgehead atoms. The van der Waals surface area contributed by atoms with Crippen LogP contribution >= 0.6 is 0 Å². The molecule has 0 saturated heterocycles. The summed E-state index contributed by atoms with van der Waals surface area (Å²) in [5.74, 6) is -0.149. The molecule has 2 aliphatic rings. The number of carbonyl (C=O) groups is 1. The number of aryl methyl sites for hydroxylation is 2. The maximum Gasteiger partial charge on any atom is 0.258 e. The Kier molecular flexibility index (Phi) is 4.32. The van der Waals surface area contributed by atoms with Gasteiger partial charge < -0.3 is 4.90 Å². The van der Waals surface area contributed by atoms with Crippen molar-refractivity contribution < 1.29 is 13.2 Å². The molecule has 0 atom stereocenters. The summed E-state index contributed by atoms with van der Waals surface area (Å²) in [7, 11) is -3.57. The largest absolute Gasteiger partial charge is 0.308 e. The molecule has 1 amide bonds. The van der Waals surface area contributed by atoms with Gasteiger partial charge >= 0.3 is 0 Å². The number of carbonyl (C=O) groups excluding carboxylic acids is 1. The summed E-state index contributed by atoms with van der Waals surface area (Å²) in [6.45, 7) is 2.65. The summed E-state index contributed by atoms with van der Waals surface area (Å²) in [5.41, 5.74) is 3.60. The van der Waals surface area contributed by atoms with Crippen molar-refractivity contribution in [3.8, 4) is 0 Å². The van der Waals surface area contributed by atoms with Crippen LogP contribution in [0.15, 0.2) is 47.4 Å². The van der Waals surface area contributed by atoms with Gasteiger partial charge in [0.25, 0.3) is 5.91 Å². The maximum absolute atomic E-state index is 13.1. The van der Waals surface area contributed by atoms with Crippen molar-refractivity contribution in [1.29, 1.82) is 0 Å². The number of nitrogens with zero attached hydrogens (tertiary/aromatic N) is 1. The van der Waals surface area contributed by atoms with E-state index < -0.39 is 10.0 Å². The fourth-order valence-corrected chi connectivity index (χ4v) is 4.84. The normalized spacial score (nSPS) is 17.0. The average Bonchev–Trinajstić information content (AvgIpc) is 3.44. The highest BCUT2D eigenvalue weighted by molar-refractivity contribution is 7.89. The van der Waals surface area contributed by atoms with Crippen LogP contribution in [0.2, 0.25) is 0 Å². The van der Waals surface area contributed by atoms with Crippen LogP contribution in [0.5, 0.6) is 0 Å². The van der Waals surface area contributed by atoms with E-state index in [-0.39, 0.29) is 16.8 Å². The highest BCUT2D eigenvalue weighted by Crippen LogP contribution is 2.32. The number of hydrogen-bond acceptors (Lipinski definition) is 3. The molecule has 1 aliphatic carbocycles. The number of hydrogen-bond donors (Lipinski definition) is 1. The van der Waals surface area contributed by atoms with Gasteiger partial charge in [-0.1, -0.05) is 24.3 Å². The molecular weight excluding hydrogens is 348 g/mol. The molecule has 4 rings (SSSR count). The van der Waals surface area contributed by atoms with Gasteiger partial charge in [-0.15, -0.1) is 0 Å². The topological polar surface area (TPSA) is 66.5 Å². The Morgan fingerprint density at radius 3 is 2.69 bits per heavy atom. The van der Waals surface area contributed by atoms with Crippen molar-refractivity contribution in [2.24, 2.45) is 0 Å². The summed E-state index contributed by atoms with van der Waals surface area (Å²) < 4.78 is 27.6. The Morgan fingerprint density at radius 1 is 1.15 bits per heavy atom. The number of fused-ring (bicyclic) bond motifs is 1. The zero-order valence-electron chi connectivity index (χ0n) is 14.7. The van der Waals surface area contributed by atoms with E-state index in [0.29, 0.717) is 12.1 Å². The minimum atomic E-state index is -3.57. The molecule has 26 heavy (non-hydrogen) atoms. The van der Waals surface area contributed by atoms with Gasteiger partial charge in [-0.05, 0) is 61.9 Å². The Morgan fingerprint density at radius 2 is 1.92 bits per heavy atom. The van der Waals surface area contributed by atoms with Crippen LogP contribution < -0.4 is 9.62 Å². The van der Waals surface area contributed by atoms with Gasteiger partial charge in [0, 0.05) is 18.2 Å². The molecule has 1 fully saturated rings. The van der Waals surface area contributed by atoms with Gasteiger partial charge in [-0.2, -0.15) is 0 Å². The fourth-order valence-electron chi connectivity index (χ4n) is 3.49. The number of rotatable bonds is 4. The Labute approximate surface area is 154 Å². The smallest absolute Gasteiger partial charge is 0.258 e.